The van der Waals surface area contributed by atoms with Crippen molar-refractivity contribution in [1.82, 2.24) is 5.32 Å². The predicted octanol–water partition coefficient (Wildman–Crippen LogP) is 3.93. The smallest absolute Gasteiger partial charge is 0.0366 e. The minimum absolute atomic E-state index is 0.741. The molecule has 1 aromatic rings. The van der Waals surface area contributed by atoms with E-state index >= 15 is 0 Å². The van der Waals surface area contributed by atoms with E-state index in [0.29, 0.717) is 0 Å². The number of hydrogen-bond donors (Lipinski definition) is 1. The first-order chi connectivity index (χ1) is 9.24. The molecule has 2 heteroatoms. The molecule has 0 aromatic heterocycles. The maximum absolute atomic E-state index is 3.52. The minimum atomic E-state index is 0.741. The molecule has 1 aromatic carbocycles. The average Bonchev–Trinajstić information content (AvgIpc) is 2.42. The third kappa shape index (κ3) is 7.22. The van der Waals surface area contributed by atoms with Crippen molar-refractivity contribution < 1.29 is 0 Å². The Bertz CT molecular complexity index is 308. The quantitative estimate of drug-likeness (QED) is 0.643. The van der Waals surface area contributed by atoms with Crippen molar-refractivity contribution in [2.45, 2.75) is 40.0 Å². The Labute approximate surface area is 119 Å². The number of para-hydroxylation sites is 1. The zero-order valence-corrected chi connectivity index (χ0v) is 12.9. The molecule has 0 spiro atoms. The Kier molecular flexibility index (Phi) is 8.31. The van der Waals surface area contributed by atoms with Gasteiger partial charge in [-0.2, -0.15) is 0 Å². The molecule has 0 aliphatic carbocycles. The summed E-state index contributed by atoms with van der Waals surface area (Å²) in [6, 6.07) is 10.8. The molecule has 0 atom stereocenters. The lowest BCUT2D eigenvalue weighted by molar-refractivity contribution is 0.539. The van der Waals surface area contributed by atoms with Crippen LogP contribution in [0, 0.1) is 5.92 Å². The van der Waals surface area contributed by atoms with E-state index in [1.165, 1.54) is 31.5 Å². The Morgan fingerprint density at radius 2 is 1.74 bits per heavy atom. The van der Waals surface area contributed by atoms with E-state index in [2.05, 4.69) is 61.3 Å². The minimum Gasteiger partial charge on any atom is -0.371 e. The van der Waals surface area contributed by atoms with Crippen LogP contribution >= 0.6 is 0 Å². The molecular formula is C17H30N2. The fourth-order valence-electron chi connectivity index (χ4n) is 2.14. The summed E-state index contributed by atoms with van der Waals surface area (Å²) >= 11 is 0. The van der Waals surface area contributed by atoms with Crippen LogP contribution in [0.25, 0.3) is 0 Å². The number of rotatable bonds is 10. The molecule has 0 heterocycles. The summed E-state index contributed by atoms with van der Waals surface area (Å²) in [6.45, 7) is 11.3. The fourth-order valence-corrected chi connectivity index (χ4v) is 2.14. The van der Waals surface area contributed by atoms with Crippen LogP contribution in [0.5, 0.6) is 0 Å². The van der Waals surface area contributed by atoms with E-state index in [-0.39, 0.29) is 0 Å². The second-order valence-corrected chi connectivity index (χ2v) is 5.63. The van der Waals surface area contributed by atoms with Crippen molar-refractivity contribution in [1.29, 1.82) is 0 Å². The molecule has 0 unspecified atom stereocenters. The lowest BCUT2D eigenvalue weighted by Crippen LogP contribution is -2.29. The number of hydrogen-bond acceptors (Lipinski definition) is 2. The Morgan fingerprint density at radius 3 is 2.37 bits per heavy atom. The highest BCUT2D eigenvalue weighted by molar-refractivity contribution is 5.45. The molecule has 0 radical (unpaired) electrons. The van der Waals surface area contributed by atoms with Crippen molar-refractivity contribution in [3.05, 3.63) is 30.3 Å². The van der Waals surface area contributed by atoms with Gasteiger partial charge in [-0.05, 0) is 44.0 Å². The lowest BCUT2D eigenvalue weighted by atomic mass is 10.2. The molecule has 0 saturated carbocycles. The second kappa shape index (κ2) is 9.85. The van der Waals surface area contributed by atoms with Gasteiger partial charge in [-0.25, -0.2) is 0 Å². The van der Waals surface area contributed by atoms with Gasteiger partial charge in [0.25, 0.3) is 0 Å². The molecule has 0 aliphatic heterocycles. The number of nitrogens with one attached hydrogen (secondary N) is 1. The van der Waals surface area contributed by atoms with Crippen molar-refractivity contribution in [2.24, 2.45) is 5.92 Å². The molecule has 1 rings (SSSR count). The molecule has 0 saturated heterocycles. The maximum atomic E-state index is 3.52. The summed E-state index contributed by atoms with van der Waals surface area (Å²) < 4.78 is 0. The van der Waals surface area contributed by atoms with Crippen LogP contribution in [-0.2, 0) is 0 Å². The van der Waals surface area contributed by atoms with E-state index in [1.54, 1.807) is 0 Å². The third-order valence-corrected chi connectivity index (χ3v) is 3.24. The molecular weight excluding hydrogens is 232 g/mol. The van der Waals surface area contributed by atoms with Crippen LogP contribution < -0.4 is 10.2 Å². The predicted molar refractivity (Wildman–Crippen MR) is 85.9 cm³/mol. The highest BCUT2D eigenvalue weighted by atomic mass is 15.1. The zero-order valence-electron chi connectivity index (χ0n) is 12.9. The first-order valence-electron chi connectivity index (χ1n) is 7.74. The van der Waals surface area contributed by atoms with Crippen LogP contribution in [0.1, 0.15) is 40.0 Å². The summed E-state index contributed by atoms with van der Waals surface area (Å²) in [4.78, 5) is 2.51. The van der Waals surface area contributed by atoms with Gasteiger partial charge in [-0.15, -0.1) is 0 Å². The van der Waals surface area contributed by atoms with Gasteiger partial charge in [0.1, 0.15) is 0 Å². The largest absolute Gasteiger partial charge is 0.371 e. The molecule has 108 valence electrons. The van der Waals surface area contributed by atoms with Gasteiger partial charge in [0.05, 0.1) is 0 Å². The van der Waals surface area contributed by atoms with Crippen LogP contribution in [0.2, 0.25) is 0 Å². The maximum Gasteiger partial charge on any atom is 0.0366 e. The van der Waals surface area contributed by atoms with Gasteiger partial charge in [0, 0.05) is 18.8 Å². The van der Waals surface area contributed by atoms with Crippen LogP contribution in [0.4, 0.5) is 5.69 Å². The van der Waals surface area contributed by atoms with E-state index in [1.807, 2.05) is 0 Å². The SMILES string of the molecule is CCCCN(CCCNCC(C)C)c1ccccc1. The Hall–Kier alpha value is -1.02. The molecule has 19 heavy (non-hydrogen) atoms. The molecule has 0 amide bonds. The second-order valence-electron chi connectivity index (χ2n) is 5.63. The van der Waals surface area contributed by atoms with E-state index in [0.717, 1.165) is 25.6 Å². The van der Waals surface area contributed by atoms with Crippen molar-refractivity contribution in [3.63, 3.8) is 0 Å². The van der Waals surface area contributed by atoms with Gasteiger partial charge in [-0.3, -0.25) is 0 Å². The fraction of sp³-hybridized carbons (Fsp3) is 0.647. The van der Waals surface area contributed by atoms with Gasteiger partial charge in [0.2, 0.25) is 0 Å². The first-order valence-corrected chi connectivity index (χ1v) is 7.74. The topological polar surface area (TPSA) is 15.3 Å². The van der Waals surface area contributed by atoms with Gasteiger partial charge >= 0.3 is 0 Å². The van der Waals surface area contributed by atoms with Crippen LogP contribution in [0.15, 0.2) is 30.3 Å². The van der Waals surface area contributed by atoms with Crippen molar-refractivity contribution in [3.8, 4) is 0 Å². The van der Waals surface area contributed by atoms with Crippen molar-refractivity contribution >= 4 is 5.69 Å². The van der Waals surface area contributed by atoms with Gasteiger partial charge in [-0.1, -0.05) is 45.4 Å². The zero-order chi connectivity index (χ0) is 13.9. The number of benzene rings is 1. The number of anilines is 1. The normalized spacial score (nSPS) is 10.9. The summed E-state index contributed by atoms with van der Waals surface area (Å²) in [6.07, 6.45) is 3.74. The van der Waals surface area contributed by atoms with E-state index < -0.39 is 0 Å². The van der Waals surface area contributed by atoms with E-state index in [9.17, 15) is 0 Å². The first kappa shape index (κ1) is 16.0. The molecule has 0 aliphatic rings. The molecule has 1 N–H and O–H groups in total. The van der Waals surface area contributed by atoms with E-state index in [4.69, 9.17) is 0 Å². The number of nitrogens with zero attached hydrogens (tertiary/aromatic N) is 1. The summed E-state index contributed by atoms with van der Waals surface area (Å²) in [5.41, 5.74) is 1.36. The van der Waals surface area contributed by atoms with Gasteiger partial charge in [0.15, 0.2) is 0 Å². The Balaban J connectivity index is 2.34. The standard InChI is InChI=1S/C17H30N2/c1-4-5-13-19(17-10-7-6-8-11-17)14-9-12-18-15-16(2)3/h6-8,10-11,16,18H,4-5,9,12-15H2,1-3H3. The summed E-state index contributed by atoms with van der Waals surface area (Å²) in [7, 11) is 0. The van der Waals surface area contributed by atoms with Crippen LogP contribution in [0.3, 0.4) is 0 Å². The molecule has 0 fully saturated rings. The lowest BCUT2D eigenvalue weighted by Gasteiger charge is -2.25. The van der Waals surface area contributed by atoms with Gasteiger partial charge < -0.3 is 10.2 Å². The van der Waals surface area contributed by atoms with Crippen LogP contribution in [-0.4, -0.2) is 26.2 Å². The summed E-state index contributed by atoms with van der Waals surface area (Å²) in [5.74, 6) is 0.741. The average molecular weight is 262 g/mol. The van der Waals surface area contributed by atoms with Crippen molar-refractivity contribution in [2.75, 3.05) is 31.1 Å². The highest BCUT2D eigenvalue weighted by Crippen LogP contribution is 2.14. The molecule has 2 nitrogen and oxygen atoms in total. The number of unbranched alkanes of at least 4 members (excludes halogenated alkanes) is 1. The third-order valence-electron chi connectivity index (χ3n) is 3.24. The molecule has 0 bridgehead atoms. The monoisotopic (exact) mass is 262 g/mol. The highest BCUT2D eigenvalue weighted by Gasteiger charge is 2.04. The Morgan fingerprint density at radius 1 is 1.05 bits per heavy atom. The summed E-state index contributed by atoms with van der Waals surface area (Å²) in [5, 5.41) is 3.52.